The molecule has 0 bridgehead atoms. The molecular formula is C24H17ClFN3O2S. The zero-order valence-corrected chi connectivity index (χ0v) is 18.1. The Balaban J connectivity index is 1.62. The van der Waals surface area contributed by atoms with E-state index < -0.39 is 6.04 Å². The number of furan rings is 1. The summed E-state index contributed by atoms with van der Waals surface area (Å²) in [5, 5.41) is 14.7. The number of thiocarbonyl (C=S) groups is 1. The number of nitrogens with one attached hydrogen (secondary N) is 1. The van der Waals surface area contributed by atoms with E-state index in [4.69, 9.17) is 28.2 Å². The molecule has 0 spiro atoms. The van der Waals surface area contributed by atoms with Gasteiger partial charge >= 0.3 is 0 Å². The molecule has 5 nitrogen and oxygen atoms in total. The lowest BCUT2D eigenvalue weighted by atomic mass is 10.0. The summed E-state index contributed by atoms with van der Waals surface area (Å²) >= 11 is 11.9. The van der Waals surface area contributed by atoms with E-state index in [9.17, 15) is 9.50 Å². The van der Waals surface area contributed by atoms with Crippen LogP contribution in [0.4, 0.5) is 10.1 Å². The summed E-state index contributed by atoms with van der Waals surface area (Å²) in [6.07, 6.45) is 1.71. The molecule has 0 aliphatic carbocycles. The minimum atomic E-state index is -0.448. The highest BCUT2D eigenvalue weighted by atomic mass is 35.5. The van der Waals surface area contributed by atoms with Crippen molar-refractivity contribution in [3.05, 3.63) is 101 Å². The van der Waals surface area contributed by atoms with E-state index in [1.165, 1.54) is 18.2 Å². The van der Waals surface area contributed by atoms with Crippen molar-refractivity contribution < 1.29 is 13.9 Å². The van der Waals surface area contributed by atoms with Gasteiger partial charge in [0.15, 0.2) is 5.11 Å². The number of aromatic nitrogens is 1. The van der Waals surface area contributed by atoms with Crippen LogP contribution < -0.4 is 10.2 Å². The van der Waals surface area contributed by atoms with Crippen molar-refractivity contribution in [3.8, 4) is 17.1 Å². The second-order valence-corrected chi connectivity index (χ2v) is 8.16. The van der Waals surface area contributed by atoms with Crippen LogP contribution in [0.25, 0.3) is 11.3 Å². The van der Waals surface area contributed by atoms with Gasteiger partial charge in [0.05, 0.1) is 17.4 Å². The molecule has 1 aliphatic heterocycles. The van der Waals surface area contributed by atoms with Gasteiger partial charge in [-0.1, -0.05) is 17.7 Å². The number of pyridine rings is 1. The quantitative estimate of drug-likeness (QED) is 0.359. The molecule has 0 saturated carbocycles. The first kappa shape index (κ1) is 20.5. The van der Waals surface area contributed by atoms with Gasteiger partial charge in [0, 0.05) is 16.8 Å². The zero-order chi connectivity index (χ0) is 22.2. The summed E-state index contributed by atoms with van der Waals surface area (Å²) in [6, 6.07) is 19.4. The van der Waals surface area contributed by atoms with Crippen molar-refractivity contribution >= 4 is 34.6 Å². The lowest BCUT2D eigenvalue weighted by Crippen LogP contribution is -2.29. The Hall–Kier alpha value is -3.42. The molecule has 0 unspecified atom stereocenters. The molecule has 4 aromatic rings. The van der Waals surface area contributed by atoms with Crippen molar-refractivity contribution in [2.24, 2.45) is 0 Å². The molecule has 32 heavy (non-hydrogen) atoms. The fourth-order valence-corrected chi connectivity index (χ4v) is 4.38. The van der Waals surface area contributed by atoms with Gasteiger partial charge in [0.25, 0.3) is 0 Å². The van der Waals surface area contributed by atoms with Crippen LogP contribution in [0.1, 0.15) is 23.5 Å². The summed E-state index contributed by atoms with van der Waals surface area (Å²) in [5.74, 6) is 0.916. The number of phenolic OH excluding ortho intramolecular Hbond substituents is 1. The first-order valence-corrected chi connectivity index (χ1v) is 10.6. The molecule has 2 aromatic carbocycles. The number of nitrogens with zero attached hydrogens (tertiary/aromatic N) is 2. The van der Waals surface area contributed by atoms with E-state index in [0.29, 0.717) is 27.3 Å². The van der Waals surface area contributed by atoms with Gasteiger partial charge in [-0.2, -0.15) is 0 Å². The molecular weight excluding hydrogens is 449 g/mol. The van der Waals surface area contributed by atoms with Gasteiger partial charge < -0.3 is 19.7 Å². The van der Waals surface area contributed by atoms with Gasteiger partial charge in [-0.05, 0) is 78.9 Å². The van der Waals surface area contributed by atoms with Gasteiger partial charge in [0.1, 0.15) is 29.1 Å². The number of hydrogen-bond donors (Lipinski definition) is 2. The lowest BCUT2D eigenvalue weighted by Gasteiger charge is -2.26. The van der Waals surface area contributed by atoms with Crippen LogP contribution in [-0.4, -0.2) is 15.2 Å². The maximum Gasteiger partial charge on any atom is 0.174 e. The molecule has 2 N–H and O–H groups in total. The van der Waals surface area contributed by atoms with Crippen molar-refractivity contribution in [2.75, 3.05) is 4.90 Å². The maximum absolute atomic E-state index is 13.3. The van der Waals surface area contributed by atoms with E-state index in [0.717, 1.165) is 11.3 Å². The highest BCUT2D eigenvalue weighted by Crippen LogP contribution is 2.45. The van der Waals surface area contributed by atoms with Gasteiger partial charge in [-0.15, -0.1) is 0 Å². The molecule has 1 saturated heterocycles. The third-order valence-electron chi connectivity index (χ3n) is 5.34. The van der Waals surface area contributed by atoms with Crippen molar-refractivity contribution in [1.29, 1.82) is 0 Å². The molecule has 0 amide bonds. The Morgan fingerprint density at radius 2 is 1.88 bits per heavy atom. The number of aromatic hydroxyl groups is 1. The monoisotopic (exact) mass is 465 g/mol. The van der Waals surface area contributed by atoms with E-state index in [1.54, 1.807) is 35.4 Å². The van der Waals surface area contributed by atoms with Crippen molar-refractivity contribution in [1.82, 2.24) is 10.3 Å². The second-order valence-electron chi connectivity index (χ2n) is 7.34. The van der Waals surface area contributed by atoms with Gasteiger partial charge in [0.2, 0.25) is 0 Å². The number of hydrogen-bond acceptors (Lipinski definition) is 4. The average molecular weight is 466 g/mol. The minimum absolute atomic E-state index is 0.0375. The number of rotatable bonds is 4. The summed E-state index contributed by atoms with van der Waals surface area (Å²) in [7, 11) is 0. The van der Waals surface area contributed by atoms with E-state index in [2.05, 4.69) is 10.3 Å². The Morgan fingerprint density at radius 1 is 1.06 bits per heavy atom. The van der Waals surface area contributed by atoms with Crippen LogP contribution in [0.2, 0.25) is 5.02 Å². The molecule has 1 fully saturated rings. The third-order valence-corrected chi connectivity index (χ3v) is 5.89. The highest BCUT2D eigenvalue weighted by Gasteiger charge is 2.43. The Morgan fingerprint density at radius 3 is 2.62 bits per heavy atom. The van der Waals surface area contributed by atoms with E-state index >= 15 is 0 Å². The Labute approximate surface area is 194 Å². The molecule has 2 aromatic heterocycles. The number of anilines is 1. The average Bonchev–Trinajstić information content (AvgIpc) is 3.41. The first-order valence-electron chi connectivity index (χ1n) is 9.86. The minimum Gasteiger partial charge on any atom is -0.506 e. The predicted octanol–water partition coefficient (Wildman–Crippen LogP) is 6.02. The van der Waals surface area contributed by atoms with Gasteiger partial charge in [-0.25, -0.2) is 4.39 Å². The smallest absolute Gasteiger partial charge is 0.174 e. The standard InChI is InChI=1S/C24H17ClFN3O2S/c25-15-6-9-19(30)18(13-15)29-23(22(28-24(29)32)17-3-1-2-12-27-17)21-11-10-20(31-21)14-4-7-16(26)8-5-14/h1-13,22-23,30H,(H,28,32)/t22-,23-/m0/s1. The van der Waals surface area contributed by atoms with Crippen LogP contribution in [0.5, 0.6) is 5.75 Å². The molecule has 5 rings (SSSR count). The van der Waals surface area contributed by atoms with Crippen LogP contribution in [0, 0.1) is 5.82 Å². The Bertz CT molecular complexity index is 1280. The van der Waals surface area contributed by atoms with Gasteiger partial charge in [-0.3, -0.25) is 4.98 Å². The maximum atomic E-state index is 13.3. The van der Waals surface area contributed by atoms with Crippen molar-refractivity contribution in [3.63, 3.8) is 0 Å². The topological polar surface area (TPSA) is 61.5 Å². The summed E-state index contributed by atoms with van der Waals surface area (Å²) in [5.41, 5.74) is 1.97. The molecule has 3 heterocycles. The molecule has 1 aliphatic rings. The second kappa shape index (κ2) is 8.26. The summed E-state index contributed by atoms with van der Waals surface area (Å²) in [4.78, 5) is 6.27. The normalized spacial score (nSPS) is 18.1. The molecule has 160 valence electrons. The van der Waals surface area contributed by atoms with E-state index in [-0.39, 0.29) is 17.6 Å². The van der Waals surface area contributed by atoms with Crippen LogP contribution in [-0.2, 0) is 0 Å². The summed E-state index contributed by atoms with van der Waals surface area (Å²) < 4.78 is 19.6. The van der Waals surface area contributed by atoms with Crippen LogP contribution >= 0.6 is 23.8 Å². The zero-order valence-electron chi connectivity index (χ0n) is 16.6. The van der Waals surface area contributed by atoms with Crippen molar-refractivity contribution in [2.45, 2.75) is 12.1 Å². The third kappa shape index (κ3) is 3.70. The van der Waals surface area contributed by atoms with Crippen LogP contribution in [0.15, 0.2) is 83.4 Å². The number of halogens is 2. The molecule has 2 atom stereocenters. The predicted molar refractivity (Wildman–Crippen MR) is 125 cm³/mol. The molecule has 8 heteroatoms. The number of benzene rings is 2. The van der Waals surface area contributed by atoms with E-state index in [1.807, 2.05) is 30.3 Å². The largest absolute Gasteiger partial charge is 0.506 e. The highest BCUT2D eigenvalue weighted by molar-refractivity contribution is 7.80. The summed E-state index contributed by atoms with van der Waals surface area (Å²) in [6.45, 7) is 0. The molecule has 0 radical (unpaired) electrons. The Kier molecular flexibility index (Phi) is 5.28. The fourth-order valence-electron chi connectivity index (χ4n) is 3.87. The number of phenols is 1. The van der Waals surface area contributed by atoms with Crippen LogP contribution in [0.3, 0.4) is 0 Å². The SMILES string of the molecule is Oc1ccc(Cl)cc1N1C(=S)N[C@@H](c2ccccn2)[C@@H]1c1ccc(-c2ccc(F)cc2)o1. The fraction of sp³-hybridized carbons (Fsp3) is 0.0833. The lowest BCUT2D eigenvalue weighted by molar-refractivity contribution is 0.434. The first-order chi connectivity index (χ1) is 15.5.